The molecule has 0 bridgehead atoms. The maximum Gasteiger partial charge on any atom is 0.424 e. The summed E-state index contributed by atoms with van der Waals surface area (Å²) < 4.78 is 21.6. The molecule has 0 spiro atoms. The van der Waals surface area contributed by atoms with Crippen molar-refractivity contribution >= 4 is 18.2 Å². The van der Waals surface area contributed by atoms with Crippen molar-refractivity contribution in [3.63, 3.8) is 0 Å². The van der Waals surface area contributed by atoms with Crippen molar-refractivity contribution in [1.29, 1.82) is 0 Å². The van der Waals surface area contributed by atoms with Crippen LogP contribution in [-0.2, 0) is 13.6 Å². The topological polar surface area (TPSA) is 35.5 Å². The highest BCUT2D eigenvalue weighted by molar-refractivity contribution is 7.81. The van der Waals surface area contributed by atoms with Gasteiger partial charge in [-0.2, -0.15) is 0 Å². The Balaban J connectivity index is 3.24. The monoisotopic (exact) mass is 312 g/mol. The highest BCUT2D eigenvalue weighted by Crippen LogP contribution is 2.53. The Labute approximate surface area is 123 Å². The van der Waals surface area contributed by atoms with Gasteiger partial charge in [-0.15, -0.1) is 0 Å². The van der Waals surface area contributed by atoms with E-state index in [0.29, 0.717) is 13.2 Å². The SMILES string of the molecule is CCCCCCCCCCCOP(=O)(Cl)OCCC. The molecule has 0 amide bonds. The first-order chi connectivity index (χ1) is 9.12. The Morgan fingerprint density at radius 1 is 0.737 bits per heavy atom. The van der Waals surface area contributed by atoms with Crippen LogP contribution in [-0.4, -0.2) is 13.2 Å². The minimum atomic E-state index is -3.31. The molecule has 0 saturated carbocycles. The van der Waals surface area contributed by atoms with Gasteiger partial charge in [-0.05, 0) is 12.8 Å². The summed E-state index contributed by atoms with van der Waals surface area (Å²) in [6, 6.07) is 0. The number of hydrogen-bond acceptors (Lipinski definition) is 3. The van der Waals surface area contributed by atoms with Crippen LogP contribution in [0.2, 0.25) is 0 Å². The van der Waals surface area contributed by atoms with Gasteiger partial charge in [-0.1, -0.05) is 65.2 Å². The third kappa shape index (κ3) is 14.7. The van der Waals surface area contributed by atoms with Gasteiger partial charge in [0.15, 0.2) is 0 Å². The third-order valence-electron chi connectivity index (χ3n) is 2.94. The first-order valence-corrected chi connectivity index (χ1v) is 10.2. The summed E-state index contributed by atoms with van der Waals surface area (Å²) in [5.74, 6) is 0. The van der Waals surface area contributed by atoms with Gasteiger partial charge < -0.3 is 0 Å². The molecule has 0 aliphatic rings. The normalized spacial score (nSPS) is 14.5. The highest BCUT2D eigenvalue weighted by atomic mass is 35.7. The quantitative estimate of drug-likeness (QED) is 0.278. The molecule has 0 aromatic rings. The van der Waals surface area contributed by atoms with Crippen LogP contribution in [0.4, 0.5) is 0 Å². The van der Waals surface area contributed by atoms with Crippen molar-refractivity contribution in [1.82, 2.24) is 0 Å². The van der Waals surface area contributed by atoms with E-state index in [9.17, 15) is 4.57 Å². The molecule has 0 rings (SSSR count). The van der Waals surface area contributed by atoms with Crippen LogP contribution in [0.3, 0.4) is 0 Å². The number of rotatable bonds is 14. The van der Waals surface area contributed by atoms with Gasteiger partial charge in [-0.25, -0.2) is 4.57 Å². The highest BCUT2D eigenvalue weighted by Gasteiger charge is 2.19. The summed E-state index contributed by atoms with van der Waals surface area (Å²) >= 11 is 5.64. The molecule has 0 fully saturated rings. The zero-order chi connectivity index (χ0) is 14.4. The van der Waals surface area contributed by atoms with Crippen molar-refractivity contribution in [3.8, 4) is 0 Å². The minimum absolute atomic E-state index is 0.387. The summed E-state index contributed by atoms with van der Waals surface area (Å²) in [7, 11) is 0. The summed E-state index contributed by atoms with van der Waals surface area (Å²) in [5.41, 5.74) is 0. The minimum Gasteiger partial charge on any atom is -0.297 e. The first kappa shape index (κ1) is 19.4. The fourth-order valence-electron chi connectivity index (χ4n) is 1.82. The smallest absolute Gasteiger partial charge is 0.297 e. The Kier molecular flexibility index (Phi) is 13.7. The number of hydrogen-bond donors (Lipinski definition) is 0. The van der Waals surface area contributed by atoms with Crippen molar-refractivity contribution in [2.45, 2.75) is 78.1 Å². The summed E-state index contributed by atoms with van der Waals surface area (Å²) in [5, 5.41) is 0. The molecule has 0 aliphatic heterocycles. The van der Waals surface area contributed by atoms with E-state index in [1.165, 1.54) is 44.9 Å². The van der Waals surface area contributed by atoms with Crippen molar-refractivity contribution < 1.29 is 13.6 Å². The van der Waals surface area contributed by atoms with Gasteiger partial charge in [0.05, 0.1) is 13.2 Å². The molecule has 0 radical (unpaired) electrons. The summed E-state index contributed by atoms with van der Waals surface area (Å²) in [6.45, 7) is 1.69. The van der Waals surface area contributed by atoms with Crippen LogP contribution < -0.4 is 0 Å². The van der Waals surface area contributed by atoms with Gasteiger partial charge in [0, 0.05) is 11.2 Å². The Morgan fingerprint density at radius 3 is 1.74 bits per heavy atom. The van der Waals surface area contributed by atoms with Gasteiger partial charge >= 0.3 is 6.95 Å². The third-order valence-corrected chi connectivity index (χ3v) is 4.51. The van der Waals surface area contributed by atoms with Gasteiger partial charge in [0.25, 0.3) is 0 Å². The van der Waals surface area contributed by atoms with Crippen LogP contribution in [0.5, 0.6) is 0 Å². The summed E-state index contributed by atoms with van der Waals surface area (Å²) in [6.07, 6.45) is 12.0. The molecular weight excluding hydrogens is 283 g/mol. The molecule has 0 heterocycles. The molecule has 5 heteroatoms. The number of unbranched alkanes of at least 4 members (excludes halogenated alkanes) is 8. The molecule has 0 saturated heterocycles. The van der Waals surface area contributed by atoms with Gasteiger partial charge in [-0.3, -0.25) is 9.05 Å². The maximum absolute atomic E-state index is 11.5. The van der Waals surface area contributed by atoms with E-state index < -0.39 is 6.95 Å². The van der Waals surface area contributed by atoms with Crippen LogP contribution in [0.25, 0.3) is 0 Å². The van der Waals surface area contributed by atoms with E-state index in [4.69, 9.17) is 20.3 Å². The zero-order valence-electron chi connectivity index (χ0n) is 12.5. The average molecular weight is 313 g/mol. The van der Waals surface area contributed by atoms with Gasteiger partial charge in [0.1, 0.15) is 0 Å². The van der Waals surface area contributed by atoms with Gasteiger partial charge in [0.2, 0.25) is 0 Å². The van der Waals surface area contributed by atoms with Crippen LogP contribution in [0, 0.1) is 0 Å². The van der Waals surface area contributed by atoms with Crippen molar-refractivity contribution in [2.75, 3.05) is 13.2 Å². The number of halogens is 1. The lowest BCUT2D eigenvalue weighted by atomic mass is 10.1. The molecule has 116 valence electrons. The van der Waals surface area contributed by atoms with Crippen molar-refractivity contribution in [2.24, 2.45) is 0 Å². The molecule has 0 aromatic carbocycles. The second-order valence-electron chi connectivity index (χ2n) is 4.93. The fraction of sp³-hybridized carbons (Fsp3) is 1.00. The maximum atomic E-state index is 11.5. The fourth-order valence-corrected chi connectivity index (χ4v) is 3.06. The second kappa shape index (κ2) is 13.4. The molecule has 0 N–H and O–H groups in total. The Morgan fingerprint density at radius 2 is 1.21 bits per heavy atom. The van der Waals surface area contributed by atoms with E-state index in [-0.39, 0.29) is 0 Å². The van der Waals surface area contributed by atoms with E-state index >= 15 is 0 Å². The zero-order valence-corrected chi connectivity index (χ0v) is 14.2. The van der Waals surface area contributed by atoms with E-state index in [1.807, 2.05) is 6.92 Å². The first-order valence-electron chi connectivity index (χ1n) is 7.71. The summed E-state index contributed by atoms with van der Waals surface area (Å²) in [4.78, 5) is 0. The van der Waals surface area contributed by atoms with Crippen molar-refractivity contribution in [3.05, 3.63) is 0 Å². The molecular formula is C14H30ClO3P. The van der Waals surface area contributed by atoms with E-state index in [1.54, 1.807) is 0 Å². The molecule has 19 heavy (non-hydrogen) atoms. The van der Waals surface area contributed by atoms with Crippen LogP contribution >= 0.6 is 18.2 Å². The van der Waals surface area contributed by atoms with E-state index in [0.717, 1.165) is 19.3 Å². The Hall–Kier alpha value is 0.440. The molecule has 3 nitrogen and oxygen atoms in total. The van der Waals surface area contributed by atoms with Crippen LogP contribution in [0.15, 0.2) is 0 Å². The molecule has 1 atom stereocenters. The van der Waals surface area contributed by atoms with E-state index in [2.05, 4.69) is 6.92 Å². The average Bonchev–Trinajstić information content (AvgIpc) is 2.38. The molecule has 0 aliphatic carbocycles. The largest absolute Gasteiger partial charge is 0.424 e. The van der Waals surface area contributed by atoms with Crippen LogP contribution in [0.1, 0.15) is 78.1 Å². The predicted molar refractivity (Wildman–Crippen MR) is 82.9 cm³/mol. The lowest BCUT2D eigenvalue weighted by molar-refractivity contribution is 0.215. The molecule has 1 unspecified atom stereocenters. The lowest BCUT2D eigenvalue weighted by Gasteiger charge is -2.10. The molecule has 0 aromatic heterocycles. The second-order valence-corrected chi connectivity index (χ2v) is 7.55. The lowest BCUT2D eigenvalue weighted by Crippen LogP contribution is -1.94. The Bertz CT molecular complexity index is 237. The predicted octanol–water partition coefficient (Wildman–Crippen LogP) is 6.31. The standard InChI is InChI=1S/C14H30ClO3P/c1-3-5-6-7-8-9-10-11-12-14-18-19(15,16)17-13-4-2/h3-14H2,1-2H3.